The third-order valence-electron chi connectivity index (χ3n) is 3.56. The maximum atomic E-state index is 11.8. The van der Waals surface area contributed by atoms with Crippen LogP contribution in [0.5, 0.6) is 0 Å². The van der Waals surface area contributed by atoms with Crippen molar-refractivity contribution < 1.29 is 14.3 Å². The molecule has 1 fully saturated rings. The van der Waals surface area contributed by atoms with Crippen LogP contribution in [0.4, 0.5) is 0 Å². The van der Waals surface area contributed by atoms with E-state index in [0.29, 0.717) is 17.9 Å². The van der Waals surface area contributed by atoms with E-state index >= 15 is 0 Å². The Bertz CT molecular complexity index is 394. The van der Waals surface area contributed by atoms with Gasteiger partial charge in [-0.25, -0.2) is 4.79 Å². The molecule has 2 aliphatic carbocycles. The number of esters is 1. The number of ether oxygens (including phenoxy) is 1. The van der Waals surface area contributed by atoms with Gasteiger partial charge in [0.05, 0.1) is 0 Å². The van der Waals surface area contributed by atoms with Gasteiger partial charge in [-0.15, -0.1) is 0 Å². The van der Waals surface area contributed by atoms with Gasteiger partial charge >= 0.3 is 5.97 Å². The number of ketones is 1. The molecule has 0 aliphatic heterocycles. The lowest BCUT2D eigenvalue weighted by Gasteiger charge is -2.32. The first-order valence-electron chi connectivity index (χ1n) is 5.54. The SMILES string of the molecule is C=C(C)C(=O)O[C@]1(C(C)=O)C[C@@H]2C=C[C@H]1C2. The molecule has 0 aromatic carbocycles. The van der Waals surface area contributed by atoms with E-state index in [4.69, 9.17) is 4.74 Å². The van der Waals surface area contributed by atoms with Crippen LogP contribution in [0.15, 0.2) is 24.3 Å². The molecule has 0 amide bonds. The summed E-state index contributed by atoms with van der Waals surface area (Å²) >= 11 is 0. The summed E-state index contributed by atoms with van der Waals surface area (Å²) < 4.78 is 5.42. The monoisotopic (exact) mass is 220 g/mol. The zero-order chi connectivity index (χ0) is 11.9. The molecule has 0 N–H and O–H groups in total. The molecule has 0 aromatic heterocycles. The van der Waals surface area contributed by atoms with Crippen molar-refractivity contribution in [2.45, 2.75) is 32.3 Å². The zero-order valence-electron chi connectivity index (χ0n) is 9.66. The number of carbonyl (C=O) groups excluding carboxylic acids is 2. The number of Topliss-reactive ketones (excluding diaryl/α,β-unsaturated/α-hetero) is 1. The minimum atomic E-state index is -0.921. The Balaban J connectivity index is 2.25. The van der Waals surface area contributed by atoms with Gasteiger partial charge in [0.25, 0.3) is 0 Å². The van der Waals surface area contributed by atoms with Crippen molar-refractivity contribution in [3.05, 3.63) is 24.3 Å². The van der Waals surface area contributed by atoms with Gasteiger partial charge < -0.3 is 4.74 Å². The number of carbonyl (C=O) groups is 2. The van der Waals surface area contributed by atoms with Crippen molar-refractivity contribution in [3.8, 4) is 0 Å². The highest BCUT2D eigenvalue weighted by molar-refractivity contribution is 5.93. The average molecular weight is 220 g/mol. The summed E-state index contributed by atoms with van der Waals surface area (Å²) in [6.45, 7) is 6.64. The van der Waals surface area contributed by atoms with Gasteiger partial charge in [0.15, 0.2) is 11.4 Å². The van der Waals surface area contributed by atoms with Crippen molar-refractivity contribution >= 4 is 11.8 Å². The smallest absolute Gasteiger partial charge is 0.334 e. The van der Waals surface area contributed by atoms with Gasteiger partial charge in [-0.2, -0.15) is 0 Å². The fourth-order valence-electron chi connectivity index (χ4n) is 2.66. The second kappa shape index (κ2) is 3.58. The molecule has 3 atom stereocenters. The minimum Gasteiger partial charge on any atom is -0.447 e. The molecule has 0 spiro atoms. The number of fused-ring (bicyclic) bond motifs is 2. The van der Waals surface area contributed by atoms with Gasteiger partial charge in [-0.1, -0.05) is 18.7 Å². The number of hydrogen-bond acceptors (Lipinski definition) is 3. The van der Waals surface area contributed by atoms with E-state index in [0.717, 1.165) is 6.42 Å². The van der Waals surface area contributed by atoms with Gasteiger partial charge in [0, 0.05) is 17.9 Å². The molecule has 3 nitrogen and oxygen atoms in total. The predicted octanol–water partition coefficient (Wildman–Crippen LogP) is 2.03. The standard InChI is InChI=1S/C13H16O3/c1-8(2)12(15)16-13(9(3)14)7-10-4-5-11(13)6-10/h4-5,10-11H,1,6-7H2,2-3H3/t10-,11+,13+/m1/s1. The molecular weight excluding hydrogens is 204 g/mol. The Morgan fingerprint density at radius 1 is 1.38 bits per heavy atom. The van der Waals surface area contributed by atoms with Crippen molar-refractivity contribution in [1.29, 1.82) is 0 Å². The van der Waals surface area contributed by atoms with E-state index in [9.17, 15) is 9.59 Å². The number of allylic oxidation sites excluding steroid dienone is 1. The van der Waals surface area contributed by atoms with Crippen molar-refractivity contribution in [2.75, 3.05) is 0 Å². The summed E-state index contributed by atoms with van der Waals surface area (Å²) in [6.07, 6.45) is 5.66. The van der Waals surface area contributed by atoms with Crippen LogP contribution in [0.2, 0.25) is 0 Å². The fraction of sp³-hybridized carbons (Fsp3) is 0.538. The molecule has 0 saturated heterocycles. The van der Waals surface area contributed by atoms with Crippen LogP contribution in [-0.4, -0.2) is 17.4 Å². The first-order valence-corrected chi connectivity index (χ1v) is 5.54. The van der Waals surface area contributed by atoms with Crippen LogP contribution in [0.25, 0.3) is 0 Å². The van der Waals surface area contributed by atoms with Crippen molar-refractivity contribution in [2.24, 2.45) is 11.8 Å². The first kappa shape index (κ1) is 11.1. The number of rotatable bonds is 3. The van der Waals surface area contributed by atoms with E-state index in [2.05, 4.69) is 12.7 Å². The molecule has 2 bridgehead atoms. The Morgan fingerprint density at radius 3 is 2.44 bits per heavy atom. The third kappa shape index (κ3) is 1.51. The second-order valence-corrected chi connectivity index (χ2v) is 4.81. The number of hydrogen-bond donors (Lipinski definition) is 0. The van der Waals surface area contributed by atoms with Crippen LogP contribution in [0.3, 0.4) is 0 Å². The van der Waals surface area contributed by atoms with Crippen molar-refractivity contribution in [1.82, 2.24) is 0 Å². The molecule has 3 heteroatoms. The lowest BCUT2D eigenvalue weighted by molar-refractivity contribution is -0.166. The largest absolute Gasteiger partial charge is 0.447 e. The molecule has 16 heavy (non-hydrogen) atoms. The molecule has 2 aliphatic rings. The summed E-state index contributed by atoms with van der Waals surface area (Å²) in [5, 5.41) is 0. The zero-order valence-corrected chi connectivity index (χ0v) is 9.66. The molecule has 0 heterocycles. The fourth-order valence-corrected chi connectivity index (χ4v) is 2.66. The molecule has 0 aromatic rings. The van der Waals surface area contributed by atoms with Crippen LogP contribution >= 0.6 is 0 Å². The molecule has 0 radical (unpaired) electrons. The lowest BCUT2D eigenvalue weighted by atomic mass is 9.84. The summed E-state index contributed by atoms with van der Waals surface area (Å²) in [5.74, 6) is -0.0831. The molecule has 1 saturated carbocycles. The Hall–Kier alpha value is -1.38. The van der Waals surface area contributed by atoms with Crippen molar-refractivity contribution in [3.63, 3.8) is 0 Å². The highest BCUT2D eigenvalue weighted by atomic mass is 16.6. The Labute approximate surface area is 95.2 Å². The third-order valence-corrected chi connectivity index (χ3v) is 3.56. The van der Waals surface area contributed by atoms with Crippen LogP contribution in [0, 0.1) is 11.8 Å². The van der Waals surface area contributed by atoms with Gasteiger partial charge in [-0.05, 0) is 26.2 Å². The van der Waals surface area contributed by atoms with E-state index < -0.39 is 11.6 Å². The first-order chi connectivity index (χ1) is 7.45. The van der Waals surface area contributed by atoms with Gasteiger partial charge in [0.1, 0.15) is 0 Å². The van der Waals surface area contributed by atoms with Gasteiger partial charge in [0.2, 0.25) is 0 Å². The van der Waals surface area contributed by atoms with E-state index in [1.54, 1.807) is 6.92 Å². The minimum absolute atomic E-state index is 0.0540. The summed E-state index contributed by atoms with van der Waals surface area (Å²) in [5.41, 5.74) is -0.581. The van der Waals surface area contributed by atoms with Crippen LogP contribution in [-0.2, 0) is 14.3 Å². The predicted molar refractivity (Wildman–Crippen MR) is 59.7 cm³/mol. The lowest BCUT2D eigenvalue weighted by Crippen LogP contribution is -2.45. The molecule has 86 valence electrons. The molecule has 0 unspecified atom stereocenters. The maximum Gasteiger partial charge on any atom is 0.334 e. The summed E-state index contributed by atoms with van der Waals surface area (Å²) in [6, 6.07) is 0. The maximum absolute atomic E-state index is 11.8. The Morgan fingerprint density at radius 2 is 2.06 bits per heavy atom. The second-order valence-electron chi connectivity index (χ2n) is 4.81. The topological polar surface area (TPSA) is 43.4 Å². The quantitative estimate of drug-likeness (QED) is 0.415. The van der Waals surface area contributed by atoms with E-state index in [-0.39, 0.29) is 11.7 Å². The van der Waals surface area contributed by atoms with E-state index in [1.807, 2.05) is 6.08 Å². The summed E-state index contributed by atoms with van der Waals surface area (Å²) in [7, 11) is 0. The van der Waals surface area contributed by atoms with Crippen LogP contribution < -0.4 is 0 Å². The van der Waals surface area contributed by atoms with Crippen LogP contribution in [0.1, 0.15) is 26.7 Å². The van der Waals surface area contributed by atoms with Gasteiger partial charge in [-0.3, -0.25) is 4.79 Å². The normalized spacial score (nSPS) is 35.1. The molecule has 2 rings (SSSR count). The highest BCUT2D eigenvalue weighted by Gasteiger charge is 2.54. The highest BCUT2D eigenvalue weighted by Crippen LogP contribution is 2.49. The molecular formula is C13H16O3. The Kier molecular flexibility index (Phi) is 2.49. The average Bonchev–Trinajstić information content (AvgIpc) is 2.77. The summed E-state index contributed by atoms with van der Waals surface area (Å²) in [4.78, 5) is 23.4. The van der Waals surface area contributed by atoms with E-state index in [1.165, 1.54) is 6.92 Å².